The van der Waals surface area contributed by atoms with Crippen LogP contribution in [0.15, 0.2) is 48.8 Å². The van der Waals surface area contributed by atoms with Crippen LogP contribution in [-0.4, -0.2) is 106 Å². The quantitative estimate of drug-likeness (QED) is 0.492. The van der Waals surface area contributed by atoms with Gasteiger partial charge in [-0.2, -0.15) is 26.3 Å². The first kappa shape index (κ1) is 34.3. The average Bonchev–Trinajstić information content (AvgIpc) is 3.32. The fourth-order valence-corrected chi connectivity index (χ4v) is 4.90. The van der Waals surface area contributed by atoms with E-state index < -0.39 is 24.3 Å². The van der Waals surface area contributed by atoms with Crippen LogP contribution in [0.1, 0.15) is 18.4 Å². The van der Waals surface area contributed by atoms with Gasteiger partial charge in [0.1, 0.15) is 0 Å². The molecule has 0 saturated carbocycles. The number of piperidine rings is 1. The van der Waals surface area contributed by atoms with Crippen molar-refractivity contribution in [2.75, 3.05) is 45.2 Å². The molecule has 2 aliphatic heterocycles. The van der Waals surface area contributed by atoms with Crippen LogP contribution >= 0.6 is 0 Å². The molecule has 0 radical (unpaired) electrons. The lowest BCUT2D eigenvalue weighted by molar-refractivity contribution is -0.193. The molecule has 1 amide bonds. The van der Waals surface area contributed by atoms with Gasteiger partial charge >= 0.3 is 24.3 Å². The second-order valence-electron chi connectivity index (χ2n) is 9.79. The molecule has 0 bridgehead atoms. The Balaban J connectivity index is 0.000000367. The fourth-order valence-electron chi connectivity index (χ4n) is 4.90. The molecule has 2 atom stereocenters. The van der Waals surface area contributed by atoms with E-state index in [1.54, 1.807) is 17.3 Å². The van der Waals surface area contributed by atoms with Gasteiger partial charge in [0.25, 0.3) is 0 Å². The van der Waals surface area contributed by atoms with Gasteiger partial charge in [0.2, 0.25) is 11.9 Å². The Bertz CT molecular complexity index is 1160. The number of carboxylic acids is 2. The summed E-state index contributed by atoms with van der Waals surface area (Å²) in [6.45, 7) is 3.56. The molecule has 2 N–H and O–H groups in total. The number of halogens is 6. The van der Waals surface area contributed by atoms with Gasteiger partial charge in [0.05, 0.1) is 11.5 Å². The Kier molecular flexibility index (Phi) is 11.7. The molecule has 2 aliphatic rings. The Morgan fingerprint density at radius 1 is 0.952 bits per heavy atom. The van der Waals surface area contributed by atoms with Crippen LogP contribution in [-0.2, 0) is 20.8 Å². The van der Waals surface area contributed by atoms with E-state index in [0.717, 1.165) is 51.4 Å². The number of alkyl halides is 6. The number of rotatable bonds is 5. The third-order valence-electron chi connectivity index (χ3n) is 6.66. The number of anilines is 1. The number of aromatic nitrogens is 2. The van der Waals surface area contributed by atoms with Crippen molar-refractivity contribution in [2.24, 2.45) is 5.41 Å². The Labute approximate surface area is 237 Å². The molecule has 2 fully saturated rings. The molecule has 42 heavy (non-hydrogen) atoms. The summed E-state index contributed by atoms with van der Waals surface area (Å²) in [6, 6.07) is 12.5. The molecule has 3 heterocycles. The number of fused-ring (bicyclic) bond motifs is 1. The molecule has 2 aromatic rings. The van der Waals surface area contributed by atoms with Crippen molar-refractivity contribution in [3.63, 3.8) is 0 Å². The number of benzene rings is 1. The minimum atomic E-state index is -5.08. The highest BCUT2D eigenvalue weighted by atomic mass is 19.4. The number of hydrogen-bond acceptors (Lipinski definition) is 7. The number of aliphatic carboxylic acids is 2. The second kappa shape index (κ2) is 14.3. The number of likely N-dealkylation sites (tertiary alicyclic amines) is 1. The van der Waals surface area contributed by atoms with Gasteiger partial charge in [0, 0.05) is 52.7 Å². The molecule has 0 unspecified atom stereocenters. The normalized spacial score (nSPS) is 20.3. The smallest absolute Gasteiger partial charge is 0.475 e. The highest BCUT2D eigenvalue weighted by Gasteiger charge is 2.56. The van der Waals surface area contributed by atoms with Crippen molar-refractivity contribution >= 4 is 23.8 Å². The highest BCUT2D eigenvalue weighted by molar-refractivity contribution is 5.85. The van der Waals surface area contributed by atoms with Crippen molar-refractivity contribution in [1.82, 2.24) is 19.8 Å². The first-order valence-electron chi connectivity index (χ1n) is 12.6. The molecule has 1 aromatic carbocycles. The largest absolute Gasteiger partial charge is 0.490 e. The van der Waals surface area contributed by atoms with Gasteiger partial charge in [-0.15, -0.1) is 0 Å². The van der Waals surface area contributed by atoms with Gasteiger partial charge in [-0.1, -0.05) is 30.3 Å². The predicted molar refractivity (Wildman–Crippen MR) is 137 cm³/mol. The first-order valence-corrected chi connectivity index (χ1v) is 12.6. The molecule has 0 spiro atoms. The minimum Gasteiger partial charge on any atom is -0.475 e. The summed E-state index contributed by atoms with van der Waals surface area (Å²) < 4.78 is 63.5. The second-order valence-corrected chi connectivity index (χ2v) is 9.79. The van der Waals surface area contributed by atoms with Crippen molar-refractivity contribution in [1.29, 1.82) is 0 Å². The number of amides is 1. The molecular formula is C26H31F6N5O5. The molecule has 0 aliphatic carbocycles. The van der Waals surface area contributed by atoms with E-state index in [9.17, 15) is 31.1 Å². The lowest BCUT2D eigenvalue weighted by atomic mass is 9.74. The Morgan fingerprint density at radius 3 is 1.95 bits per heavy atom. The summed E-state index contributed by atoms with van der Waals surface area (Å²) in [5.41, 5.74) is 0.964. The monoisotopic (exact) mass is 607 g/mol. The fraction of sp³-hybridized carbons (Fsp3) is 0.500. The topological polar surface area (TPSA) is 127 Å². The van der Waals surface area contributed by atoms with Gasteiger partial charge in [-0.05, 0) is 30.9 Å². The minimum absolute atomic E-state index is 0.120. The highest BCUT2D eigenvalue weighted by Crippen LogP contribution is 2.44. The third-order valence-corrected chi connectivity index (χ3v) is 6.66. The zero-order valence-electron chi connectivity index (χ0n) is 22.8. The van der Waals surface area contributed by atoms with E-state index in [4.69, 9.17) is 19.8 Å². The number of carbonyl (C=O) groups excluding carboxylic acids is 1. The number of nitrogens with zero attached hydrogens (tertiary/aromatic N) is 5. The van der Waals surface area contributed by atoms with E-state index in [-0.39, 0.29) is 17.4 Å². The van der Waals surface area contributed by atoms with E-state index >= 15 is 0 Å². The standard InChI is InChI=1S/C22H29N5O.2C2HF3O2/c1-25(2)20(28)22-11-6-14-27(21-23-12-7-13-24-21)19(22)16-26(17-22)15-10-18-8-4-3-5-9-18;2*3-2(4,5)1(6)7/h3-5,7-9,12-13,19H,6,10-11,14-17H2,1-2H3;2*(H,6,7)/t19-,22-;;/m1../s1. The lowest BCUT2D eigenvalue weighted by Crippen LogP contribution is -2.58. The summed E-state index contributed by atoms with van der Waals surface area (Å²) >= 11 is 0. The van der Waals surface area contributed by atoms with Crippen LogP contribution in [0.4, 0.5) is 32.3 Å². The number of carboxylic acid groups (broad SMARTS) is 2. The van der Waals surface area contributed by atoms with Crippen molar-refractivity contribution < 1.29 is 50.9 Å². The Morgan fingerprint density at radius 2 is 1.48 bits per heavy atom. The summed E-state index contributed by atoms with van der Waals surface area (Å²) in [5.74, 6) is -4.53. The van der Waals surface area contributed by atoms with Gasteiger partial charge in [-0.3, -0.25) is 9.69 Å². The molecule has 232 valence electrons. The van der Waals surface area contributed by atoms with Crippen LogP contribution in [0.25, 0.3) is 0 Å². The van der Waals surface area contributed by atoms with Crippen LogP contribution in [0.3, 0.4) is 0 Å². The van der Waals surface area contributed by atoms with Crippen molar-refractivity contribution in [3.8, 4) is 0 Å². The van der Waals surface area contributed by atoms with E-state index in [2.05, 4.69) is 50.1 Å². The van der Waals surface area contributed by atoms with E-state index in [1.807, 2.05) is 20.2 Å². The zero-order valence-corrected chi connectivity index (χ0v) is 22.8. The molecular weight excluding hydrogens is 576 g/mol. The van der Waals surface area contributed by atoms with Crippen LogP contribution in [0.5, 0.6) is 0 Å². The maximum Gasteiger partial charge on any atom is 0.490 e. The summed E-state index contributed by atoms with van der Waals surface area (Å²) in [7, 11) is 3.75. The lowest BCUT2D eigenvalue weighted by Gasteiger charge is -2.45. The molecule has 4 rings (SSSR count). The Hall–Kier alpha value is -3.95. The van der Waals surface area contributed by atoms with Gasteiger partial charge in [0.15, 0.2) is 0 Å². The molecule has 2 saturated heterocycles. The SMILES string of the molecule is CN(C)C(=O)[C@@]12CCCN(c3ncccn3)[C@@H]1CN(CCc1ccccc1)C2.O=C(O)C(F)(F)F.O=C(O)C(F)(F)F. The number of hydrogen-bond donors (Lipinski definition) is 2. The van der Waals surface area contributed by atoms with Crippen LogP contribution in [0.2, 0.25) is 0 Å². The maximum absolute atomic E-state index is 13.3. The van der Waals surface area contributed by atoms with E-state index in [0.29, 0.717) is 0 Å². The van der Waals surface area contributed by atoms with Gasteiger partial charge in [-0.25, -0.2) is 19.6 Å². The summed E-state index contributed by atoms with van der Waals surface area (Å²) in [6.07, 6.45) is -3.68. The average molecular weight is 608 g/mol. The molecule has 16 heteroatoms. The van der Waals surface area contributed by atoms with Crippen LogP contribution < -0.4 is 4.90 Å². The molecule has 10 nitrogen and oxygen atoms in total. The third kappa shape index (κ3) is 9.29. The van der Waals surface area contributed by atoms with Crippen LogP contribution in [0, 0.1) is 5.41 Å². The summed E-state index contributed by atoms with van der Waals surface area (Å²) in [5, 5.41) is 14.2. The predicted octanol–water partition coefficient (Wildman–Crippen LogP) is 3.34. The zero-order chi connectivity index (χ0) is 31.7. The summed E-state index contributed by atoms with van der Waals surface area (Å²) in [4.78, 5) is 46.6. The van der Waals surface area contributed by atoms with Crippen molar-refractivity contribution in [2.45, 2.75) is 37.7 Å². The van der Waals surface area contributed by atoms with E-state index in [1.165, 1.54) is 5.56 Å². The first-order chi connectivity index (χ1) is 19.5. The van der Waals surface area contributed by atoms with Gasteiger partial charge < -0.3 is 20.0 Å². The molecule has 1 aromatic heterocycles. The van der Waals surface area contributed by atoms with Crippen molar-refractivity contribution in [3.05, 3.63) is 54.4 Å². The number of carbonyl (C=O) groups is 3. The maximum atomic E-state index is 13.3.